The van der Waals surface area contributed by atoms with E-state index in [0.717, 1.165) is 10.2 Å². The lowest BCUT2D eigenvalue weighted by atomic mass is 10.1. The van der Waals surface area contributed by atoms with E-state index in [0.29, 0.717) is 22.3 Å². The van der Waals surface area contributed by atoms with E-state index in [-0.39, 0.29) is 18.2 Å². The zero-order chi connectivity index (χ0) is 17.3. The number of amides is 2. The summed E-state index contributed by atoms with van der Waals surface area (Å²) in [7, 11) is 0. The van der Waals surface area contributed by atoms with Crippen molar-refractivity contribution in [2.24, 2.45) is 5.92 Å². The first-order chi connectivity index (χ1) is 11.4. The summed E-state index contributed by atoms with van der Waals surface area (Å²) in [6, 6.07) is 12.3. The summed E-state index contributed by atoms with van der Waals surface area (Å²) in [6.07, 6.45) is 0.184. The molecule has 0 aromatic heterocycles. The van der Waals surface area contributed by atoms with E-state index < -0.39 is 5.92 Å². The molecule has 2 aromatic rings. The van der Waals surface area contributed by atoms with E-state index in [1.807, 2.05) is 24.3 Å². The van der Waals surface area contributed by atoms with Gasteiger partial charge in [-0.05, 0) is 42.5 Å². The number of rotatable bonds is 3. The molecule has 7 heteroatoms. The second-order valence-electron chi connectivity index (χ2n) is 5.50. The number of nitrogens with one attached hydrogen (secondary N) is 1. The zero-order valence-electron chi connectivity index (χ0n) is 12.4. The maximum Gasteiger partial charge on any atom is 0.229 e. The molecule has 2 aromatic carbocycles. The molecule has 24 heavy (non-hydrogen) atoms. The monoisotopic (exact) mass is 426 g/mol. The zero-order valence-corrected chi connectivity index (χ0v) is 15.5. The number of carbonyl (C=O) groups excluding carboxylic acids is 2. The molecule has 0 radical (unpaired) electrons. The first-order valence-electron chi connectivity index (χ1n) is 7.26. The molecule has 1 atom stereocenters. The first kappa shape index (κ1) is 17.3. The molecule has 0 bridgehead atoms. The van der Waals surface area contributed by atoms with Gasteiger partial charge in [-0.15, -0.1) is 0 Å². The average molecular weight is 428 g/mol. The Morgan fingerprint density at radius 1 is 1.12 bits per heavy atom. The van der Waals surface area contributed by atoms with Crippen molar-refractivity contribution in [3.63, 3.8) is 0 Å². The second kappa shape index (κ2) is 7.13. The van der Waals surface area contributed by atoms with Crippen LogP contribution in [-0.2, 0) is 9.59 Å². The lowest BCUT2D eigenvalue weighted by molar-refractivity contribution is -0.122. The summed E-state index contributed by atoms with van der Waals surface area (Å²) >= 11 is 15.2. The Bertz CT molecular complexity index is 796. The third-order valence-corrected chi connectivity index (χ3v) is 5.09. The summed E-state index contributed by atoms with van der Waals surface area (Å²) in [5.41, 5.74) is 1.34. The maximum absolute atomic E-state index is 12.4. The molecule has 4 nitrogen and oxygen atoms in total. The fourth-order valence-corrected chi connectivity index (χ4v) is 3.13. The van der Waals surface area contributed by atoms with Crippen molar-refractivity contribution in [1.29, 1.82) is 0 Å². The molecule has 1 heterocycles. The number of hydrogen-bond acceptors (Lipinski definition) is 2. The Morgan fingerprint density at radius 3 is 2.50 bits per heavy atom. The van der Waals surface area contributed by atoms with Gasteiger partial charge in [-0.2, -0.15) is 0 Å². The van der Waals surface area contributed by atoms with Crippen molar-refractivity contribution in [2.75, 3.05) is 16.8 Å². The highest BCUT2D eigenvalue weighted by Gasteiger charge is 2.35. The third-order valence-electron chi connectivity index (χ3n) is 3.82. The van der Waals surface area contributed by atoms with E-state index in [2.05, 4.69) is 21.2 Å². The van der Waals surface area contributed by atoms with E-state index >= 15 is 0 Å². The minimum absolute atomic E-state index is 0.0633. The summed E-state index contributed by atoms with van der Waals surface area (Å²) in [5.74, 6) is -0.677. The number of nitrogens with zero attached hydrogens (tertiary/aromatic N) is 1. The van der Waals surface area contributed by atoms with Gasteiger partial charge in [-0.1, -0.05) is 39.1 Å². The van der Waals surface area contributed by atoms with Crippen LogP contribution in [-0.4, -0.2) is 18.4 Å². The SMILES string of the molecule is O=C(Nc1ccc(Cl)c(Cl)c1)[C@H]1CC(=O)N(c2ccc(Br)cc2)C1. The van der Waals surface area contributed by atoms with Crippen LogP contribution in [0.25, 0.3) is 0 Å². The van der Waals surface area contributed by atoms with Gasteiger partial charge in [0.15, 0.2) is 0 Å². The van der Waals surface area contributed by atoms with Crippen LogP contribution in [0.1, 0.15) is 6.42 Å². The van der Waals surface area contributed by atoms with Gasteiger partial charge in [0.25, 0.3) is 0 Å². The van der Waals surface area contributed by atoms with E-state index in [1.54, 1.807) is 23.1 Å². The highest BCUT2D eigenvalue weighted by atomic mass is 79.9. The molecular formula is C17H13BrCl2N2O2. The van der Waals surface area contributed by atoms with Crippen molar-refractivity contribution in [2.45, 2.75) is 6.42 Å². The minimum atomic E-state index is -0.407. The minimum Gasteiger partial charge on any atom is -0.326 e. The molecule has 2 amide bonds. The molecule has 0 unspecified atom stereocenters. The standard InChI is InChI=1S/C17H13BrCl2N2O2/c18-11-1-4-13(5-2-11)22-9-10(7-16(22)23)17(24)21-12-3-6-14(19)15(20)8-12/h1-6,8,10H,7,9H2,(H,21,24)/t10-/m0/s1. The number of halogens is 3. The quantitative estimate of drug-likeness (QED) is 0.768. The van der Waals surface area contributed by atoms with Crippen LogP contribution in [0.15, 0.2) is 46.9 Å². The Labute approximate surface area is 157 Å². The predicted molar refractivity (Wildman–Crippen MR) is 99.7 cm³/mol. The molecule has 124 valence electrons. The van der Waals surface area contributed by atoms with E-state index in [1.165, 1.54) is 0 Å². The number of carbonyl (C=O) groups is 2. The fourth-order valence-electron chi connectivity index (χ4n) is 2.57. The van der Waals surface area contributed by atoms with Crippen molar-refractivity contribution in [1.82, 2.24) is 0 Å². The average Bonchev–Trinajstić information content (AvgIpc) is 2.94. The Morgan fingerprint density at radius 2 is 1.83 bits per heavy atom. The van der Waals surface area contributed by atoms with Gasteiger partial charge in [0.1, 0.15) is 0 Å². The van der Waals surface area contributed by atoms with Crippen LogP contribution in [0.3, 0.4) is 0 Å². The molecule has 1 aliphatic rings. The molecular weight excluding hydrogens is 415 g/mol. The van der Waals surface area contributed by atoms with Crippen molar-refractivity contribution in [3.8, 4) is 0 Å². The smallest absolute Gasteiger partial charge is 0.229 e. The highest BCUT2D eigenvalue weighted by molar-refractivity contribution is 9.10. The largest absolute Gasteiger partial charge is 0.326 e. The van der Waals surface area contributed by atoms with Gasteiger partial charge in [-0.3, -0.25) is 9.59 Å². The molecule has 1 aliphatic heterocycles. The predicted octanol–water partition coefficient (Wildman–Crippen LogP) is 4.75. The summed E-state index contributed by atoms with van der Waals surface area (Å²) in [5, 5.41) is 3.58. The summed E-state index contributed by atoms with van der Waals surface area (Å²) < 4.78 is 0.937. The summed E-state index contributed by atoms with van der Waals surface area (Å²) in [6.45, 7) is 0.355. The van der Waals surface area contributed by atoms with Crippen LogP contribution in [0.5, 0.6) is 0 Å². The van der Waals surface area contributed by atoms with Gasteiger partial charge < -0.3 is 10.2 Å². The number of benzene rings is 2. The Hall–Kier alpha value is -1.56. The molecule has 1 N–H and O–H groups in total. The summed E-state index contributed by atoms with van der Waals surface area (Å²) in [4.78, 5) is 26.3. The second-order valence-corrected chi connectivity index (χ2v) is 7.23. The van der Waals surface area contributed by atoms with Gasteiger partial charge in [0.2, 0.25) is 11.8 Å². The lowest BCUT2D eigenvalue weighted by Gasteiger charge is -2.17. The van der Waals surface area contributed by atoms with Gasteiger partial charge >= 0.3 is 0 Å². The molecule has 0 spiro atoms. The highest BCUT2D eigenvalue weighted by Crippen LogP contribution is 2.28. The lowest BCUT2D eigenvalue weighted by Crippen LogP contribution is -2.28. The van der Waals surface area contributed by atoms with Crippen LogP contribution in [0.2, 0.25) is 10.0 Å². The molecule has 3 rings (SSSR count). The Balaban J connectivity index is 1.69. The van der Waals surface area contributed by atoms with Crippen LogP contribution in [0.4, 0.5) is 11.4 Å². The maximum atomic E-state index is 12.4. The normalized spacial score (nSPS) is 17.2. The first-order valence-corrected chi connectivity index (χ1v) is 8.81. The molecule has 0 aliphatic carbocycles. The molecule has 0 saturated carbocycles. The van der Waals surface area contributed by atoms with Crippen LogP contribution in [0, 0.1) is 5.92 Å². The van der Waals surface area contributed by atoms with Crippen LogP contribution < -0.4 is 10.2 Å². The third kappa shape index (κ3) is 3.74. The number of hydrogen-bond donors (Lipinski definition) is 1. The fraction of sp³-hybridized carbons (Fsp3) is 0.176. The molecule has 1 saturated heterocycles. The van der Waals surface area contributed by atoms with Gasteiger partial charge in [-0.25, -0.2) is 0 Å². The van der Waals surface area contributed by atoms with E-state index in [4.69, 9.17) is 23.2 Å². The van der Waals surface area contributed by atoms with Gasteiger partial charge in [0.05, 0.1) is 16.0 Å². The van der Waals surface area contributed by atoms with Crippen molar-refractivity contribution >= 4 is 62.3 Å². The number of anilines is 2. The van der Waals surface area contributed by atoms with Crippen molar-refractivity contribution < 1.29 is 9.59 Å². The van der Waals surface area contributed by atoms with Crippen LogP contribution >= 0.6 is 39.1 Å². The van der Waals surface area contributed by atoms with Crippen molar-refractivity contribution in [3.05, 3.63) is 57.0 Å². The Kier molecular flexibility index (Phi) is 5.13. The van der Waals surface area contributed by atoms with Gasteiger partial charge in [0, 0.05) is 28.8 Å². The topological polar surface area (TPSA) is 49.4 Å². The molecule has 1 fully saturated rings. The van der Waals surface area contributed by atoms with E-state index in [9.17, 15) is 9.59 Å².